The van der Waals surface area contributed by atoms with Gasteiger partial charge in [0.25, 0.3) is 0 Å². The molecule has 10 rings (SSSR count). The van der Waals surface area contributed by atoms with Gasteiger partial charge < -0.3 is 4.90 Å². The van der Waals surface area contributed by atoms with E-state index in [0.717, 1.165) is 54.9 Å². The molecule has 1 heteroatoms. The fraction of sp³-hybridized carbons (Fsp3) is 0. The average Bonchev–Trinajstić information content (AvgIpc) is 3.35. The van der Waals surface area contributed by atoms with E-state index >= 15 is 0 Å². The molecule has 0 radical (unpaired) electrons. The van der Waals surface area contributed by atoms with Gasteiger partial charge >= 0.3 is 0 Å². The Bertz CT molecular complexity index is 3400. The standard InChI is InChI=1S/C56H39N/c1-3-13-40(14-4-1)41-25-27-42(28-26-41)43-29-34-49(35-30-43)57(51-21-11-20-48(39-51)53-24-12-19-44-17-7-9-22-52(44)53)50-36-31-47(32-37-50)56-54-23-10-8-18-46(54)33-38-55(56)45-15-5-2-6-16-45/h1-39H/i29D,30D,31D,32D,34D,35D,36D,37D. The second-order valence-electron chi connectivity index (χ2n) is 13.9. The van der Waals surface area contributed by atoms with Crippen molar-refractivity contribution in [2.24, 2.45) is 0 Å². The first-order chi connectivity index (χ1) is 31.6. The van der Waals surface area contributed by atoms with Crippen molar-refractivity contribution >= 4 is 38.6 Å². The molecular formula is C56H39N. The molecule has 0 N–H and O–H groups in total. The molecule has 10 aromatic rings. The van der Waals surface area contributed by atoms with Gasteiger partial charge in [0.2, 0.25) is 0 Å². The predicted octanol–water partition coefficient (Wildman–Crippen LogP) is 15.8. The van der Waals surface area contributed by atoms with Crippen LogP contribution in [-0.2, 0) is 0 Å². The van der Waals surface area contributed by atoms with Crippen molar-refractivity contribution in [3.8, 4) is 55.6 Å². The van der Waals surface area contributed by atoms with E-state index in [9.17, 15) is 11.0 Å². The molecule has 57 heavy (non-hydrogen) atoms. The quantitative estimate of drug-likeness (QED) is 0.150. The summed E-state index contributed by atoms with van der Waals surface area (Å²) in [6, 6.07) is 56.9. The minimum absolute atomic E-state index is 0.104. The summed E-state index contributed by atoms with van der Waals surface area (Å²) in [5.41, 5.74) is 6.37. The zero-order valence-corrected chi connectivity index (χ0v) is 30.8. The van der Waals surface area contributed by atoms with E-state index < -0.39 is 24.2 Å². The lowest BCUT2D eigenvalue weighted by Gasteiger charge is -2.27. The Labute approximate surface area is 345 Å². The van der Waals surface area contributed by atoms with Crippen LogP contribution >= 0.6 is 0 Å². The summed E-state index contributed by atoms with van der Waals surface area (Å²) in [6.45, 7) is 0. The van der Waals surface area contributed by atoms with Gasteiger partial charge in [-0.15, -0.1) is 0 Å². The van der Waals surface area contributed by atoms with E-state index in [0.29, 0.717) is 16.8 Å². The largest absolute Gasteiger partial charge is 0.310 e. The maximum atomic E-state index is 9.83. The minimum atomic E-state index is -0.402. The summed E-state index contributed by atoms with van der Waals surface area (Å²) < 4.78 is 77.4. The molecule has 0 bridgehead atoms. The van der Waals surface area contributed by atoms with Crippen LogP contribution in [0.5, 0.6) is 0 Å². The maximum Gasteiger partial charge on any atom is 0.0645 e. The van der Waals surface area contributed by atoms with Crippen molar-refractivity contribution in [3.05, 3.63) is 236 Å². The molecule has 1 nitrogen and oxygen atoms in total. The average molecular weight is 734 g/mol. The van der Waals surface area contributed by atoms with Crippen molar-refractivity contribution in [1.82, 2.24) is 0 Å². The second-order valence-corrected chi connectivity index (χ2v) is 13.9. The van der Waals surface area contributed by atoms with Gasteiger partial charge in [0, 0.05) is 17.1 Å². The molecule has 10 aromatic carbocycles. The molecule has 0 saturated heterocycles. The van der Waals surface area contributed by atoms with Crippen LogP contribution in [0.1, 0.15) is 11.0 Å². The van der Waals surface area contributed by atoms with Crippen LogP contribution in [-0.4, -0.2) is 0 Å². The van der Waals surface area contributed by atoms with E-state index in [1.807, 2.05) is 170 Å². The van der Waals surface area contributed by atoms with Gasteiger partial charge in [-0.3, -0.25) is 0 Å². The van der Waals surface area contributed by atoms with Crippen molar-refractivity contribution < 1.29 is 11.0 Å². The number of anilines is 3. The van der Waals surface area contributed by atoms with Crippen molar-refractivity contribution in [1.29, 1.82) is 0 Å². The highest BCUT2D eigenvalue weighted by molar-refractivity contribution is 6.04. The summed E-state index contributed by atoms with van der Waals surface area (Å²) in [5, 5.41) is 3.64. The first-order valence-electron chi connectivity index (χ1n) is 22.9. The topological polar surface area (TPSA) is 3.24 Å². The van der Waals surface area contributed by atoms with Crippen LogP contribution in [0.4, 0.5) is 17.1 Å². The Morgan fingerprint density at radius 1 is 0.281 bits per heavy atom. The predicted molar refractivity (Wildman–Crippen MR) is 243 cm³/mol. The third kappa shape index (κ3) is 6.66. The lowest BCUT2D eigenvalue weighted by atomic mass is 9.89. The van der Waals surface area contributed by atoms with Crippen LogP contribution in [0.25, 0.3) is 77.2 Å². The zero-order valence-electron chi connectivity index (χ0n) is 38.8. The number of benzene rings is 10. The fourth-order valence-corrected chi connectivity index (χ4v) is 7.62. The third-order valence-corrected chi connectivity index (χ3v) is 10.4. The third-order valence-electron chi connectivity index (χ3n) is 10.4. The molecule has 0 spiro atoms. The Hall–Kier alpha value is -7.48. The van der Waals surface area contributed by atoms with Crippen molar-refractivity contribution in [2.75, 3.05) is 4.90 Å². The lowest BCUT2D eigenvalue weighted by molar-refractivity contribution is 1.28. The Morgan fingerprint density at radius 2 is 0.772 bits per heavy atom. The van der Waals surface area contributed by atoms with E-state index in [4.69, 9.17) is 0 Å². The van der Waals surface area contributed by atoms with Gasteiger partial charge in [-0.2, -0.15) is 0 Å². The van der Waals surface area contributed by atoms with Crippen molar-refractivity contribution in [3.63, 3.8) is 0 Å². The Morgan fingerprint density at radius 3 is 1.46 bits per heavy atom. The molecular weight excluding hydrogens is 687 g/mol. The van der Waals surface area contributed by atoms with Gasteiger partial charge in [-0.25, -0.2) is 0 Å². The first-order valence-corrected chi connectivity index (χ1v) is 18.9. The minimum Gasteiger partial charge on any atom is -0.310 e. The van der Waals surface area contributed by atoms with E-state index in [2.05, 4.69) is 0 Å². The number of hydrogen-bond donors (Lipinski definition) is 0. The summed E-state index contributed by atoms with van der Waals surface area (Å²) in [4.78, 5) is 1.38. The number of hydrogen-bond acceptors (Lipinski definition) is 1. The maximum absolute atomic E-state index is 9.83. The highest BCUT2D eigenvalue weighted by Gasteiger charge is 2.17. The summed E-state index contributed by atoms with van der Waals surface area (Å²) in [5.74, 6) is 0. The summed E-state index contributed by atoms with van der Waals surface area (Å²) in [6.07, 6.45) is 0. The van der Waals surface area contributed by atoms with Gasteiger partial charge in [-0.05, 0) is 113 Å². The first kappa shape index (κ1) is 26.3. The molecule has 0 heterocycles. The molecule has 268 valence electrons. The zero-order chi connectivity index (χ0) is 44.9. The molecule has 0 unspecified atom stereocenters. The molecule has 0 saturated carbocycles. The van der Waals surface area contributed by atoms with Gasteiger partial charge in [0.05, 0.1) is 11.0 Å². The van der Waals surface area contributed by atoms with Crippen LogP contribution < -0.4 is 4.90 Å². The molecule has 0 aliphatic carbocycles. The molecule has 0 atom stereocenters. The molecule has 0 aromatic heterocycles. The Kier molecular flexibility index (Phi) is 6.92. The second kappa shape index (κ2) is 15.0. The van der Waals surface area contributed by atoms with Crippen LogP contribution in [0, 0.1) is 0 Å². The van der Waals surface area contributed by atoms with E-state index in [1.165, 1.54) is 4.90 Å². The number of rotatable bonds is 8. The van der Waals surface area contributed by atoms with Crippen LogP contribution in [0.2, 0.25) is 0 Å². The monoisotopic (exact) mass is 733 g/mol. The molecule has 0 aliphatic rings. The van der Waals surface area contributed by atoms with Crippen LogP contribution in [0.3, 0.4) is 0 Å². The lowest BCUT2D eigenvalue weighted by Crippen LogP contribution is -2.10. The molecule has 0 fully saturated rings. The molecule has 0 aliphatic heterocycles. The van der Waals surface area contributed by atoms with E-state index in [1.54, 1.807) is 18.2 Å². The highest BCUT2D eigenvalue weighted by atomic mass is 15.1. The summed E-state index contributed by atoms with van der Waals surface area (Å²) in [7, 11) is 0. The van der Waals surface area contributed by atoms with Gasteiger partial charge in [0.1, 0.15) is 0 Å². The summed E-state index contributed by atoms with van der Waals surface area (Å²) >= 11 is 0. The Balaban J connectivity index is 1.23. The number of fused-ring (bicyclic) bond motifs is 2. The normalized spacial score (nSPS) is 13.1. The SMILES string of the molecule is [2H]c1c([2H])c(N(c2cccc(-c3cccc4ccccc34)c2)c2c([2H])c([2H])c(-c3c(-c4ccccc4)ccc4ccccc34)c([2H])c2[2H])c([2H])c([2H])c1-c1ccc(-c2ccccc2)cc1. The number of nitrogens with zero attached hydrogens (tertiary/aromatic N) is 1. The fourth-order valence-electron chi connectivity index (χ4n) is 7.62. The van der Waals surface area contributed by atoms with Gasteiger partial charge in [0.15, 0.2) is 0 Å². The molecule has 0 amide bonds. The van der Waals surface area contributed by atoms with E-state index in [-0.39, 0.29) is 46.7 Å². The smallest absolute Gasteiger partial charge is 0.0645 e. The highest BCUT2D eigenvalue weighted by Crippen LogP contribution is 2.42. The van der Waals surface area contributed by atoms with Crippen LogP contribution in [0.15, 0.2) is 236 Å². The van der Waals surface area contributed by atoms with Crippen molar-refractivity contribution in [2.45, 2.75) is 0 Å². The van der Waals surface area contributed by atoms with Gasteiger partial charge in [-0.1, -0.05) is 200 Å².